The summed E-state index contributed by atoms with van der Waals surface area (Å²) in [6, 6.07) is 8.01. The lowest BCUT2D eigenvalue weighted by Gasteiger charge is -2.45. The van der Waals surface area contributed by atoms with E-state index < -0.39 is 5.54 Å². The van der Waals surface area contributed by atoms with Gasteiger partial charge >= 0.3 is 5.97 Å². The fraction of sp³-hybridized carbons (Fsp3) is 0.533. The van der Waals surface area contributed by atoms with Gasteiger partial charge in [-0.05, 0) is 26.0 Å². The van der Waals surface area contributed by atoms with Crippen LogP contribution in [0.25, 0.3) is 0 Å². The van der Waals surface area contributed by atoms with E-state index in [2.05, 4.69) is 5.32 Å². The zero-order valence-electron chi connectivity index (χ0n) is 11.7. The Labute approximate surface area is 114 Å². The maximum atomic E-state index is 12.1. The third kappa shape index (κ3) is 2.89. The Morgan fingerprint density at radius 1 is 1.37 bits per heavy atom. The summed E-state index contributed by atoms with van der Waals surface area (Å²) in [5.41, 5.74) is 1.50. The molecule has 1 aromatic carbocycles. The summed E-state index contributed by atoms with van der Waals surface area (Å²) in [6.45, 7) is 4.26. The van der Waals surface area contributed by atoms with Crippen molar-refractivity contribution in [1.29, 1.82) is 0 Å². The van der Waals surface area contributed by atoms with Crippen molar-refractivity contribution in [3.63, 3.8) is 0 Å². The lowest BCUT2D eigenvalue weighted by atomic mass is 9.74. The fourth-order valence-electron chi connectivity index (χ4n) is 2.39. The monoisotopic (exact) mass is 263 g/mol. The number of carbonyl (C=O) groups is 1. The maximum absolute atomic E-state index is 12.1. The minimum absolute atomic E-state index is 0.127. The van der Waals surface area contributed by atoms with Gasteiger partial charge < -0.3 is 14.8 Å². The number of nitrogens with one attached hydrogen (secondary N) is 1. The first-order chi connectivity index (χ1) is 9.09. The second-order valence-corrected chi connectivity index (χ2v) is 5.06. The summed E-state index contributed by atoms with van der Waals surface area (Å²) in [7, 11) is 1.67. The largest absolute Gasteiger partial charge is 0.464 e. The fourth-order valence-corrected chi connectivity index (χ4v) is 2.39. The number of esters is 1. The van der Waals surface area contributed by atoms with E-state index in [0.717, 1.165) is 5.69 Å². The Morgan fingerprint density at radius 2 is 2.00 bits per heavy atom. The van der Waals surface area contributed by atoms with Gasteiger partial charge in [0.05, 0.1) is 12.7 Å². The molecule has 0 aliphatic heterocycles. The molecule has 104 valence electrons. The Balaban J connectivity index is 2.11. The van der Waals surface area contributed by atoms with Crippen LogP contribution < -0.4 is 5.32 Å². The number of anilines is 1. The van der Waals surface area contributed by atoms with Crippen molar-refractivity contribution < 1.29 is 14.3 Å². The number of rotatable bonds is 5. The van der Waals surface area contributed by atoms with Crippen LogP contribution in [0.1, 0.15) is 25.3 Å². The van der Waals surface area contributed by atoms with Gasteiger partial charge in [-0.2, -0.15) is 0 Å². The van der Waals surface area contributed by atoms with E-state index in [9.17, 15) is 4.79 Å². The average molecular weight is 263 g/mol. The molecule has 1 N–H and O–H groups in total. The van der Waals surface area contributed by atoms with E-state index in [0.29, 0.717) is 19.4 Å². The molecule has 1 fully saturated rings. The average Bonchev–Trinajstić information content (AvgIpc) is 2.36. The molecule has 0 saturated heterocycles. The first-order valence-electron chi connectivity index (χ1n) is 6.64. The molecule has 0 radical (unpaired) electrons. The molecule has 0 heterocycles. The van der Waals surface area contributed by atoms with Crippen molar-refractivity contribution in [2.24, 2.45) is 0 Å². The van der Waals surface area contributed by atoms with Gasteiger partial charge in [-0.15, -0.1) is 0 Å². The van der Waals surface area contributed by atoms with Crippen molar-refractivity contribution in [3.05, 3.63) is 29.8 Å². The predicted octanol–water partition coefficient (Wildman–Crippen LogP) is 2.52. The first-order valence-corrected chi connectivity index (χ1v) is 6.64. The van der Waals surface area contributed by atoms with Crippen LogP contribution in [0, 0.1) is 6.92 Å². The number of hydrogen-bond donors (Lipinski definition) is 1. The summed E-state index contributed by atoms with van der Waals surface area (Å²) >= 11 is 0. The molecule has 19 heavy (non-hydrogen) atoms. The molecule has 2 rings (SSSR count). The summed E-state index contributed by atoms with van der Waals surface area (Å²) < 4.78 is 10.5. The van der Waals surface area contributed by atoms with Gasteiger partial charge in [0.1, 0.15) is 5.54 Å². The first kappa shape index (κ1) is 13.9. The standard InChI is InChI=1S/C15H21NO3/c1-4-19-14(17)15(9-13(10-15)18-3)16-12-7-5-11(2)6-8-12/h5-8,13,16H,4,9-10H2,1-3H3. The lowest BCUT2D eigenvalue weighted by Crippen LogP contribution is -2.59. The van der Waals surface area contributed by atoms with Crippen molar-refractivity contribution in [2.45, 2.75) is 38.3 Å². The van der Waals surface area contributed by atoms with Crippen LogP contribution in [0.4, 0.5) is 5.69 Å². The summed E-state index contributed by atoms with van der Waals surface area (Å²) in [6.07, 6.45) is 1.43. The highest BCUT2D eigenvalue weighted by Crippen LogP contribution is 2.38. The van der Waals surface area contributed by atoms with Crippen LogP contribution in [-0.2, 0) is 14.3 Å². The molecular formula is C15H21NO3. The SMILES string of the molecule is CCOC(=O)C1(Nc2ccc(C)cc2)CC(OC)C1. The second kappa shape index (κ2) is 5.61. The zero-order valence-corrected chi connectivity index (χ0v) is 11.7. The molecule has 0 atom stereocenters. The highest BCUT2D eigenvalue weighted by molar-refractivity contribution is 5.86. The molecule has 1 aromatic rings. The number of methoxy groups -OCH3 is 1. The second-order valence-electron chi connectivity index (χ2n) is 5.06. The van der Waals surface area contributed by atoms with Crippen LogP contribution in [0.15, 0.2) is 24.3 Å². The van der Waals surface area contributed by atoms with E-state index in [-0.39, 0.29) is 12.1 Å². The Bertz CT molecular complexity index is 435. The van der Waals surface area contributed by atoms with E-state index in [1.807, 2.05) is 38.1 Å². The van der Waals surface area contributed by atoms with Crippen molar-refractivity contribution >= 4 is 11.7 Å². The number of benzene rings is 1. The smallest absolute Gasteiger partial charge is 0.331 e. The maximum Gasteiger partial charge on any atom is 0.331 e. The lowest BCUT2D eigenvalue weighted by molar-refractivity contribution is -0.157. The summed E-state index contributed by atoms with van der Waals surface area (Å²) in [5.74, 6) is -0.191. The Kier molecular flexibility index (Phi) is 4.10. The van der Waals surface area contributed by atoms with Gasteiger partial charge in [-0.3, -0.25) is 0 Å². The summed E-state index contributed by atoms with van der Waals surface area (Å²) in [5, 5.41) is 3.31. The normalized spacial score (nSPS) is 25.5. The number of carbonyl (C=O) groups excluding carboxylic acids is 1. The molecule has 0 amide bonds. The Morgan fingerprint density at radius 3 is 2.53 bits per heavy atom. The summed E-state index contributed by atoms with van der Waals surface area (Å²) in [4.78, 5) is 12.1. The zero-order chi connectivity index (χ0) is 13.9. The molecule has 1 aliphatic rings. The molecular weight excluding hydrogens is 242 g/mol. The third-order valence-corrected chi connectivity index (χ3v) is 3.59. The van der Waals surface area contributed by atoms with Crippen molar-refractivity contribution in [3.8, 4) is 0 Å². The minimum Gasteiger partial charge on any atom is -0.464 e. The van der Waals surface area contributed by atoms with Crippen molar-refractivity contribution in [1.82, 2.24) is 0 Å². The molecule has 1 aliphatic carbocycles. The molecule has 0 unspecified atom stereocenters. The Hall–Kier alpha value is -1.55. The van der Waals surface area contributed by atoms with Crippen LogP contribution >= 0.6 is 0 Å². The van der Waals surface area contributed by atoms with Crippen molar-refractivity contribution in [2.75, 3.05) is 19.0 Å². The van der Waals surface area contributed by atoms with Crippen LogP contribution in [-0.4, -0.2) is 31.3 Å². The van der Waals surface area contributed by atoms with Crippen LogP contribution in [0.5, 0.6) is 0 Å². The molecule has 0 spiro atoms. The van der Waals surface area contributed by atoms with E-state index in [1.165, 1.54) is 5.56 Å². The van der Waals surface area contributed by atoms with Gasteiger partial charge in [0.2, 0.25) is 0 Å². The highest BCUT2D eigenvalue weighted by Gasteiger charge is 2.51. The molecule has 1 saturated carbocycles. The van der Waals surface area contributed by atoms with Gasteiger partial charge in [-0.1, -0.05) is 17.7 Å². The van der Waals surface area contributed by atoms with Crippen LogP contribution in [0.3, 0.4) is 0 Å². The van der Waals surface area contributed by atoms with Gasteiger partial charge in [0, 0.05) is 25.6 Å². The van der Waals surface area contributed by atoms with Crippen LogP contribution in [0.2, 0.25) is 0 Å². The number of aryl methyl sites for hydroxylation is 1. The van der Waals surface area contributed by atoms with E-state index in [1.54, 1.807) is 7.11 Å². The highest BCUT2D eigenvalue weighted by atomic mass is 16.5. The molecule has 4 heteroatoms. The molecule has 0 aromatic heterocycles. The molecule has 4 nitrogen and oxygen atoms in total. The third-order valence-electron chi connectivity index (χ3n) is 3.59. The number of hydrogen-bond acceptors (Lipinski definition) is 4. The van der Waals surface area contributed by atoms with E-state index in [4.69, 9.17) is 9.47 Å². The topological polar surface area (TPSA) is 47.6 Å². The number of ether oxygens (including phenoxy) is 2. The van der Waals surface area contributed by atoms with E-state index >= 15 is 0 Å². The van der Waals surface area contributed by atoms with Gasteiger partial charge in [0.25, 0.3) is 0 Å². The predicted molar refractivity (Wildman–Crippen MR) is 74.2 cm³/mol. The molecule has 0 bridgehead atoms. The van der Waals surface area contributed by atoms with Gasteiger partial charge in [0.15, 0.2) is 0 Å². The quantitative estimate of drug-likeness (QED) is 0.829. The van der Waals surface area contributed by atoms with Gasteiger partial charge in [-0.25, -0.2) is 4.79 Å². The minimum atomic E-state index is -0.633.